The molecule has 2 N–H and O–H groups in total. The van der Waals surface area contributed by atoms with E-state index in [9.17, 15) is 0 Å². The molecule has 0 bridgehead atoms. The molecule has 2 saturated carbocycles. The molecule has 0 aromatic rings. The van der Waals surface area contributed by atoms with E-state index < -0.39 is 0 Å². The summed E-state index contributed by atoms with van der Waals surface area (Å²) >= 11 is 0. The average molecular weight is 363 g/mol. The standard InChI is InChI=1S/C24H46N2/c1-3-5-6-8-20-17-25-24(26-18-20)23-15-13-22(14-16-23)21-11-9-19(7-4-2)10-12-21/h19-26H,3-18H2,1-2H3. The van der Waals surface area contributed by atoms with Crippen molar-refractivity contribution >= 4 is 0 Å². The molecule has 0 aromatic heterocycles. The van der Waals surface area contributed by atoms with E-state index >= 15 is 0 Å². The zero-order valence-corrected chi connectivity index (χ0v) is 17.8. The lowest BCUT2D eigenvalue weighted by molar-refractivity contribution is 0.113. The van der Waals surface area contributed by atoms with E-state index in [0.29, 0.717) is 6.17 Å². The Morgan fingerprint density at radius 1 is 0.577 bits per heavy atom. The number of nitrogens with one attached hydrogen (secondary N) is 2. The van der Waals surface area contributed by atoms with Crippen LogP contribution in [0.5, 0.6) is 0 Å². The van der Waals surface area contributed by atoms with Gasteiger partial charge in [-0.15, -0.1) is 0 Å². The minimum Gasteiger partial charge on any atom is -0.301 e. The predicted molar refractivity (Wildman–Crippen MR) is 113 cm³/mol. The Hall–Kier alpha value is -0.0800. The van der Waals surface area contributed by atoms with Crippen LogP contribution in [0.2, 0.25) is 0 Å². The highest BCUT2D eigenvalue weighted by Gasteiger charge is 2.34. The van der Waals surface area contributed by atoms with E-state index in [1.807, 2.05) is 0 Å². The van der Waals surface area contributed by atoms with Gasteiger partial charge in [0.15, 0.2) is 0 Å². The summed E-state index contributed by atoms with van der Waals surface area (Å²) in [5, 5.41) is 7.74. The van der Waals surface area contributed by atoms with Crippen molar-refractivity contribution in [1.29, 1.82) is 0 Å². The molecule has 0 aromatic carbocycles. The summed E-state index contributed by atoms with van der Waals surface area (Å²) < 4.78 is 0. The van der Waals surface area contributed by atoms with E-state index in [2.05, 4.69) is 24.5 Å². The Bertz CT molecular complexity index is 358. The highest BCUT2D eigenvalue weighted by Crippen LogP contribution is 2.42. The van der Waals surface area contributed by atoms with Crippen LogP contribution >= 0.6 is 0 Å². The maximum Gasteiger partial charge on any atom is 0.0600 e. The molecule has 3 aliphatic rings. The molecule has 1 aliphatic heterocycles. The van der Waals surface area contributed by atoms with Crippen molar-refractivity contribution in [3.63, 3.8) is 0 Å². The van der Waals surface area contributed by atoms with Crippen molar-refractivity contribution in [2.75, 3.05) is 13.1 Å². The first-order valence-corrected chi connectivity index (χ1v) is 12.3. The van der Waals surface area contributed by atoms with Crippen LogP contribution in [0.15, 0.2) is 0 Å². The number of hydrogen-bond donors (Lipinski definition) is 2. The van der Waals surface area contributed by atoms with Gasteiger partial charge in [0.05, 0.1) is 6.17 Å². The van der Waals surface area contributed by atoms with Gasteiger partial charge < -0.3 is 10.6 Å². The molecule has 2 heteroatoms. The fourth-order valence-corrected chi connectivity index (χ4v) is 6.26. The fourth-order valence-electron chi connectivity index (χ4n) is 6.26. The molecule has 26 heavy (non-hydrogen) atoms. The van der Waals surface area contributed by atoms with E-state index in [1.54, 1.807) is 12.8 Å². The molecular formula is C24H46N2. The van der Waals surface area contributed by atoms with Crippen LogP contribution in [0.1, 0.15) is 104 Å². The summed E-state index contributed by atoms with van der Waals surface area (Å²) in [6, 6.07) is 0. The van der Waals surface area contributed by atoms with E-state index in [1.165, 1.54) is 90.1 Å². The van der Waals surface area contributed by atoms with Gasteiger partial charge in [0, 0.05) is 13.1 Å². The molecule has 3 rings (SSSR count). The van der Waals surface area contributed by atoms with Crippen molar-refractivity contribution in [2.45, 2.75) is 110 Å². The number of rotatable bonds is 8. The van der Waals surface area contributed by atoms with Gasteiger partial charge in [-0.25, -0.2) is 0 Å². The van der Waals surface area contributed by atoms with Crippen molar-refractivity contribution in [2.24, 2.45) is 29.6 Å². The van der Waals surface area contributed by atoms with Gasteiger partial charge in [0.25, 0.3) is 0 Å². The van der Waals surface area contributed by atoms with Crippen LogP contribution in [0.4, 0.5) is 0 Å². The van der Waals surface area contributed by atoms with Crippen LogP contribution < -0.4 is 10.6 Å². The fraction of sp³-hybridized carbons (Fsp3) is 1.00. The van der Waals surface area contributed by atoms with Crippen molar-refractivity contribution in [3.05, 3.63) is 0 Å². The van der Waals surface area contributed by atoms with Gasteiger partial charge in [0.2, 0.25) is 0 Å². The van der Waals surface area contributed by atoms with Crippen LogP contribution in [0.3, 0.4) is 0 Å². The van der Waals surface area contributed by atoms with Gasteiger partial charge in [-0.1, -0.05) is 58.8 Å². The van der Waals surface area contributed by atoms with E-state index in [0.717, 1.165) is 29.6 Å². The quantitative estimate of drug-likeness (QED) is 0.509. The summed E-state index contributed by atoms with van der Waals surface area (Å²) in [5.74, 6) is 4.94. The van der Waals surface area contributed by atoms with Gasteiger partial charge in [-0.3, -0.25) is 0 Å². The molecule has 0 amide bonds. The lowest BCUT2D eigenvalue weighted by Gasteiger charge is -2.42. The Labute approximate surface area is 163 Å². The molecule has 0 spiro atoms. The molecule has 1 saturated heterocycles. The topological polar surface area (TPSA) is 24.1 Å². The molecule has 1 heterocycles. The van der Waals surface area contributed by atoms with Crippen LogP contribution in [0, 0.1) is 29.6 Å². The summed E-state index contributed by atoms with van der Waals surface area (Å²) in [6.45, 7) is 7.17. The molecule has 2 nitrogen and oxygen atoms in total. The van der Waals surface area contributed by atoms with Gasteiger partial charge in [-0.05, 0) is 74.5 Å². The zero-order chi connectivity index (χ0) is 18.2. The maximum absolute atomic E-state index is 3.87. The first kappa shape index (κ1) is 20.6. The van der Waals surface area contributed by atoms with Crippen LogP contribution in [-0.4, -0.2) is 19.3 Å². The Morgan fingerprint density at radius 3 is 1.73 bits per heavy atom. The molecule has 2 aliphatic carbocycles. The summed E-state index contributed by atoms with van der Waals surface area (Å²) in [4.78, 5) is 0. The molecule has 152 valence electrons. The monoisotopic (exact) mass is 362 g/mol. The zero-order valence-electron chi connectivity index (χ0n) is 17.8. The largest absolute Gasteiger partial charge is 0.301 e. The first-order valence-electron chi connectivity index (χ1n) is 12.3. The normalized spacial score (nSPS) is 39.0. The molecule has 3 fully saturated rings. The Morgan fingerprint density at radius 2 is 1.15 bits per heavy atom. The average Bonchev–Trinajstić information content (AvgIpc) is 2.70. The predicted octanol–water partition coefficient (Wildman–Crippen LogP) is 6.11. The third-order valence-corrected chi connectivity index (χ3v) is 8.01. The third-order valence-electron chi connectivity index (χ3n) is 8.01. The second-order valence-corrected chi connectivity index (χ2v) is 9.90. The van der Waals surface area contributed by atoms with E-state index in [-0.39, 0.29) is 0 Å². The minimum atomic E-state index is 0.610. The molecule has 0 atom stereocenters. The maximum atomic E-state index is 3.87. The number of hydrogen-bond acceptors (Lipinski definition) is 2. The third kappa shape index (κ3) is 5.96. The van der Waals surface area contributed by atoms with Gasteiger partial charge in [-0.2, -0.15) is 0 Å². The molecule has 0 unspecified atom stereocenters. The summed E-state index contributed by atoms with van der Waals surface area (Å²) in [5.41, 5.74) is 0. The van der Waals surface area contributed by atoms with Crippen molar-refractivity contribution in [1.82, 2.24) is 10.6 Å². The van der Waals surface area contributed by atoms with Crippen LogP contribution in [-0.2, 0) is 0 Å². The molecule has 0 radical (unpaired) electrons. The van der Waals surface area contributed by atoms with E-state index in [4.69, 9.17) is 0 Å². The summed E-state index contributed by atoms with van der Waals surface area (Å²) in [7, 11) is 0. The van der Waals surface area contributed by atoms with Gasteiger partial charge in [0.1, 0.15) is 0 Å². The highest BCUT2D eigenvalue weighted by atomic mass is 15.2. The van der Waals surface area contributed by atoms with Crippen LogP contribution in [0.25, 0.3) is 0 Å². The summed E-state index contributed by atoms with van der Waals surface area (Å²) in [6.07, 6.45) is 21.2. The first-order chi connectivity index (χ1) is 12.8. The minimum absolute atomic E-state index is 0.610. The Balaban J connectivity index is 1.32. The molecular weight excluding hydrogens is 316 g/mol. The lowest BCUT2D eigenvalue weighted by atomic mass is 9.68. The van der Waals surface area contributed by atoms with Crippen molar-refractivity contribution < 1.29 is 0 Å². The Kier molecular flexibility index (Phi) is 8.78. The SMILES string of the molecule is CCCCCC1CNC(C2CCC(C3CCC(CCC)CC3)CC2)NC1. The highest BCUT2D eigenvalue weighted by molar-refractivity contribution is 4.88. The second kappa shape index (κ2) is 11.1. The van der Waals surface area contributed by atoms with Crippen molar-refractivity contribution in [3.8, 4) is 0 Å². The lowest BCUT2D eigenvalue weighted by Crippen LogP contribution is -2.56. The number of unbranched alkanes of at least 4 members (excludes halogenated alkanes) is 2. The van der Waals surface area contributed by atoms with Gasteiger partial charge >= 0.3 is 0 Å². The second-order valence-electron chi connectivity index (χ2n) is 9.90. The smallest absolute Gasteiger partial charge is 0.0600 e.